The Kier molecular flexibility index (Phi) is 6.19. The molecular formula is C13H21F3N4O. The van der Waals surface area contributed by atoms with Gasteiger partial charge in [-0.25, -0.2) is 9.97 Å². The van der Waals surface area contributed by atoms with Crippen LogP contribution >= 0.6 is 0 Å². The SMILES string of the molecule is CNc1nc(C(C)C)nc(NCCOCC(F)(F)F)c1C. The van der Waals surface area contributed by atoms with Crippen LogP contribution in [0.15, 0.2) is 0 Å². The highest BCUT2D eigenvalue weighted by Crippen LogP contribution is 2.22. The first kappa shape index (κ1) is 17.5. The van der Waals surface area contributed by atoms with Crippen LogP contribution in [0.1, 0.15) is 31.2 Å². The smallest absolute Gasteiger partial charge is 0.373 e. The van der Waals surface area contributed by atoms with Crippen LogP contribution in [0.5, 0.6) is 0 Å². The molecule has 0 spiro atoms. The molecular weight excluding hydrogens is 285 g/mol. The lowest BCUT2D eigenvalue weighted by atomic mass is 10.2. The van der Waals surface area contributed by atoms with Crippen LogP contribution in [0.2, 0.25) is 0 Å². The fraction of sp³-hybridized carbons (Fsp3) is 0.692. The third kappa shape index (κ3) is 5.74. The Morgan fingerprint density at radius 1 is 1.19 bits per heavy atom. The van der Waals surface area contributed by atoms with Gasteiger partial charge in [0.1, 0.15) is 24.1 Å². The number of hydrogen-bond acceptors (Lipinski definition) is 5. The quantitative estimate of drug-likeness (QED) is 0.759. The maximum atomic E-state index is 11.9. The molecule has 1 heterocycles. The maximum absolute atomic E-state index is 11.9. The standard InChI is InChI=1S/C13H21F3N4O/c1-8(2)10-19-11(17-4)9(3)12(20-10)18-5-6-21-7-13(14,15)16/h8H,5-7H2,1-4H3,(H2,17,18,19,20). The largest absolute Gasteiger partial charge is 0.411 e. The third-order valence-electron chi connectivity index (χ3n) is 2.72. The number of alkyl halides is 3. The summed E-state index contributed by atoms with van der Waals surface area (Å²) in [7, 11) is 1.76. The van der Waals surface area contributed by atoms with E-state index in [2.05, 4.69) is 25.3 Å². The van der Waals surface area contributed by atoms with Crippen LogP contribution in [0.3, 0.4) is 0 Å². The Labute approximate surface area is 122 Å². The summed E-state index contributed by atoms with van der Waals surface area (Å²) in [5, 5.41) is 5.97. The topological polar surface area (TPSA) is 59.1 Å². The summed E-state index contributed by atoms with van der Waals surface area (Å²) in [5.41, 5.74) is 0.817. The van der Waals surface area contributed by atoms with Crippen LogP contribution in [0, 0.1) is 6.92 Å². The minimum atomic E-state index is -4.30. The molecule has 0 aliphatic carbocycles. The summed E-state index contributed by atoms with van der Waals surface area (Å²) >= 11 is 0. The zero-order chi connectivity index (χ0) is 16.0. The van der Waals surface area contributed by atoms with Crippen LogP contribution in [0.25, 0.3) is 0 Å². The van der Waals surface area contributed by atoms with E-state index >= 15 is 0 Å². The molecule has 0 aromatic carbocycles. The van der Waals surface area contributed by atoms with Gasteiger partial charge in [-0.15, -0.1) is 0 Å². The minimum absolute atomic E-state index is 0.0468. The molecule has 120 valence electrons. The predicted octanol–water partition coefficient (Wildman–Crippen LogP) is 2.94. The molecule has 1 aromatic heterocycles. The van der Waals surface area contributed by atoms with Gasteiger partial charge in [0.15, 0.2) is 0 Å². The van der Waals surface area contributed by atoms with Gasteiger partial charge in [-0.05, 0) is 6.92 Å². The number of hydrogen-bond donors (Lipinski definition) is 2. The molecule has 0 atom stereocenters. The minimum Gasteiger partial charge on any atom is -0.373 e. The molecule has 0 unspecified atom stereocenters. The van der Waals surface area contributed by atoms with Crippen LogP contribution in [-0.4, -0.2) is 43.0 Å². The summed E-state index contributed by atoms with van der Waals surface area (Å²) < 4.78 is 40.4. The molecule has 0 aliphatic heterocycles. The van der Waals surface area contributed by atoms with Gasteiger partial charge in [0.05, 0.1) is 6.61 Å². The number of ether oxygens (including phenoxy) is 1. The van der Waals surface area contributed by atoms with Crippen LogP contribution in [0.4, 0.5) is 24.8 Å². The van der Waals surface area contributed by atoms with Crippen molar-refractivity contribution in [2.24, 2.45) is 0 Å². The summed E-state index contributed by atoms with van der Waals surface area (Å²) in [6.07, 6.45) is -4.30. The average molecular weight is 306 g/mol. The van der Waals surface area contributed by atoms with Crippen molar-refractivity contribution in [3.8, 4) is 0 Å². The van der Waals surface area contributed by atoms with Gasteiger partial charge in [-0.1, -0.05) is 13.8 Å². The summed E-state index contributed by atoms with van der Waals surface area (Å²) in [5.74, 6) is 2.13. The Morgan fingerprint density at radius 2 is 1.81 bits per heavy atom. The van der Waals surface area contributed by atoms with Gasteiger partial charge in [-0.2, -0.15) is 13.2 Å². The van der Waals surface area contributed by atoms with Crippen molar-refractivity contribution in [1.82, 2.24) is 9.97 Å². The molecule has 0 fully saturated rings. The zero-order valence-corrected chi connectivity index (χ0v) is 12.6. The van der Waals surface area contributed by atoms with Gasteiger partial charge in [0, 0.05) is 25.1 Å². The lowest BCUT2D eigenvalue weighted by Gasteiger charge is -2.15. The average Bonchev–Trinajstić information content (AvgIpc) is 2.38. The van der Waals surface area contributed by atoms with Gasteiger partial charge in [-0.3, -0.25) is 0 Å². The molecule has 8 heteroatoms. The normalized spacial score (nSPS) is 11.8. The number of nitrogens with zero attached hydrogens (tertiary/aromatic N) is 2. The highest BCUT2D eigenvalue weighted by atomic mass is 19.4. The number of aromatic nitrogens is 2. The van der Waals surface area contributed by atoms with Crippen molar-refractivity contribution in [3.63, 3.8) is 0 Å². The lowest BCUT2D eigenvalue weighted by molar-refractivity contribution is -0.172. The van der Waals surface area contributed by atoms with Crippen molar-refractivity contribution >= 4 is 11.6 Å². The van der Waals surface area contributed by atoms with Crippen LogP contribution < -0.4 is 10.6 Å². The van der Waals surface area contributed by atoms with E-state index in [4.69, 9.17) is 0 Å². The molecule has 21 heavy (non-hydrogen) atoms. The Balaban J connectivity index is 2.63. The molecule has 0 saturated carbocycles. The highest BCUT2D eigenvalue weighted by Gasteiger charge is 2.27. The number of halogens is 3. The summed E-state index contributed by atoms with van der Waals surface area (Å²) in [6, 6.07) is 0. The van der Waals surface area contributed by atoms with Crippen molar-refractivity contribution in [2.75, 3.05) is 37.4 Å². The number of rotatable bonds is 7. The van der Waals surface area contributed by atoms with E-state index < -0.39 is 12.8 Å². The summed E-state index contributed by atoms with van der Waals surface area (Å²) in [4.78, 5) is 8.77. The maximum Gasteiger partial charge on any atom is 0.411 e. The van der Waals surface area contributed by atoms with Gasteiger partial charge < -0.3 is 15.4 Å². The third-order valence-corrected chi connectivity index (χ3v) is 2.72. The first-order valence-corrected chi connectivity index (χ1v) is 6.69. The molecule has 0 aliphatic rings. The molecule has 0 amide bonds. The zero-order valence-electron chi connectivity index (χ0n) is 12.6. The van der Waals surface area contributed by atoms with E-state index in [1.165, 1.54) is 0 Å². The van der Waals surface area contributed by atoms with Crippen molar-refractivity contribution < 1.29 is 17.9 Å². The molecule has 0 saturated heterocycles. The van der Waals surface area contributed by atoms with Gasteiger partial charge >= 0.3 is 6.18 Å². The van der Waals surface area contributed by atoms with Gasteiger partial charge in [0.25, 0.3) is 0 Å². The van der Waals surface area contributed by atoms with E-state index in [1.807, 2.05) is 20.8 Å². The number of anilines is 2. The first-order valence-electron chi connectivity index (χ1n) is 6.69. The fourth-order valence-electron chi connectivity index (χ4n) is 1.64. The van der Waals surface area contributed by atoms with Gasteiger partial charge in [0.2, 0.25) is 0 Å². The predicted molar refractivity (Wildman–Crippen MR) is 75.8 cm³/mol. The Hall–Kier alpha value is -1.57. The van der Waals surface area contributed by atoms with E-state index in [1.54, 1.807) is 7.05 Å². The Morgan fingerprint density at radius 3 is 2.33 bits per heavy atom. The second-order valence-corrected chi connectivity index (χ2v) is 4.90. The molecule has 0 bridgehead atoms. The van der Waals surface area contributed by atoms with E-state index in [0.29, 0.717) is 17.5 Å². The van der Waals surface area contributed by atoms with Crippen molar-refractivity contribution in [1.29, 1.82) is 0 Å². The molecule has 1 rings (SSSR count). The van der Waals surface area contributed by atoms with Crippen LogP contribution in [-0.2, 0) is 4.74 Å². The first-order chi connectivity index (χ1) is 9.74. The highest BCUT2D eigenvalue weighted by molar-refractivity contribution is 5.57. The molecule has 5 nitrogen and oxygen atoms in total. The monoisotopic (exact) mass is 306 g/mol. The molecule has 0 radical (unpaired) electrons. The van der Waals surface area contributed by atoms with Crippen molar-refractivity contribution in [3.05, 3.63) is 11.4 Å². The lowest BCUT2D eigenvalue weighted by Crippen LogP contribution is -2.20. The molecule has 2 N–H and O–H groups in total. The van der Waals surface area contributed by atoms with E-state index in [0.717, 1.165) is 5.56 Å². The fourth-order valence-corrected chi connectivity index (χ4v) is 1.64. The number of nitrogens with one attached hydrogen (secondary N) is 2. The van der Waals surface area contributed by atoms with E-state index in [-0.39, 0.29) is 19.1 Å². The second-order valence-electron chi connectivity index (χ2n) is 4.90. The molecule has 1 aromatic rings. The van der Waals surface area contributed by atoms with E-state index in [9.17, 15) is 13.2 Å². The Bertz CT molecular complexity index is 463. The van der Waals surface area contributed by atoms with Crippen molar-refractivity contribution in [2.45, 2.75) is 32.9 Å². The second kappa shape index (κ2) is 7.44. The summed E-state index contributed by atoms with van der Waals surface area (Å²) in [6.45, 7) is 4.75.